The van der Waals surface area contributed by atoms with E-state index in [4.69, 9.17) is 9.97 Å². The van der Waals surface area contributed by atoms with Gasteiger partial charge in [0.1, 0.15) is 0 Å². The zero-order chi connectivity index (χ0) is 42.4. The Morgan fingerprint density at radius 3 is 1.45 bits per heavy atom. The number of para-hydroxylation sites is 2. The normalized spacial score (nSPS) is 14.4. The van der Waals surface area contributed by atoms with E-state index in [1.165, 1.54) is 88.3 Å². The summed E-state index contributed by atoms with van der Waals surface area (Å²) in [6.45, 7) is 0. The van der Waals surface area contributed by atoms with Crippen molar-refractivity contribution in [3.8, 4) is 39.5 Å². The minimum atomic E-state index is -0.618. The van der Waals surface area contributed by atoms with Crippen LogP contribution in [0.2, 0.25) is 0 Å². The van der Waals surface area contributed by atoms with Crippen LogP contribution >= 0.6 is 0 Å². The second kappa shape index (κ2) is 12.6. The summed E-state index contributed by atoms with van der Waals surface area (Å²) in [7, 11) is 0. The molecule has 3 heteroatoms. The third kappa shape index (κ3) is 4.31. The fourth-order valence-electron chi connectivity index (χ4n) is 12.6. The molecule has 0 saturated heterocycles. The van der Waals surface area contributed by atoms with Crippen LogP contribution in [0.3, 0.4) is 0 Å². The summed E-state index contributed by atoms with van der Waals surface area (Å²) in [5.74, 6) is 0.658. The van der Waals surface area contributed by atoms with Crippen LogP contribution in [0.5, 0.6) is 0 Å². The van der Waals surface area contributed by atoms with Gasteiger partial charge in [0.05, 0.1) is 33.1 Å². The molecule has 10 aromatic carbocycles. The predicted molar refractivity (Wildman–Crippen MR) is 265 cm³/mol. The third-order valence-electron chi connectivity index (χ3n) is 15.1. The first kappa shape index (κ1) is 35.1. The van der Waals surface area contributed by atoms with Crippen molar-refractivity contribution in [3.05, 3.63) is 269 Å². The van der Waals surface area contributed by atoms with E-state index >= 15 is 0 Å². The zero-order valence-corrected chi connectivity index (χ0v) is 35.2. The SMILES string of the molecule is c1ccc2c(c1)-c1ccccc1C21c2ccccc2C2(c3ccccc3-c3cc4c5ccccc5n(-c5nc(-c6ccc7ccccc7c6)c6ccccc6n5)c4cc32)c2ccccc21. The van der Waals surface area contributed by atoms with Gasteiger partial charge in [0.25, 0.3) is 0 Å². The van der Waals surface area contributed by atoms with E-state index < -0.39 is 10.8 Å². The van der Waals surface area contributed by atoms with E-state index in [1.54, 1.807) is 0 Å². The lowest BCUT2D eigenvalue weighted by Crippen LogP contribution is -2.43. The summed E-state index contributed by atoms with van der Waals surface area (Å²) in [4.78, 5) is 11.0. The highest BCUT2D eigenvalue weighted by molar-refractivity contribution is 6.12. The summed E-state index contributed by atoms with van der Waals surface area (Å²) < 4.78 is 2.32. The first-order valence-corrected chi connectivity index (χ1v) is 22.6. The van der Waals surface area contributed by atoms with Crippen molar-refractivity contribution in [3.63, 3.8) is 0 Å². The molecule has 0 N–H and O–H groups in total. The lowest BCUT2D eigenvalue weighted by atomic mass is 9.52. The molecule has 0 atom stereocenters. The van der Waals surface area contributed by atoms with Gasteiger partial charge in [0, 0.05) is 21.7 Å². The van der Waals surface area contributed by atoms with Gasteiger partial charge in [-0.3, -0.25) is 4.57 Å². The number of aromatic nitrogens is 3. The fourth-order valence-corrected chi connectivity index (χ4v) is 12.6. The van der Waals surface area contributed by atoms with Crippen molar-refractivity contribution in [1.82, 2.24) is 14.5 Å². The summed E-state index contributed by atoms with van der Waals surface area (Å²) in [6.07, 6.45) is 0. The van der Waals surface area contributed by atoms with Gasteiger partial charge >= 0.3 is 0 Å². The van der Waals surface area contributed by atoms with E-state index in [1.807, 2.05) is 0 Å². The molecule has 3 nitrogen and oxygen atoms in total. The van der Waals surface area contributed by atoms with Crippen molar-refractivity contribution >= 4 is 43.5 Å². The minimum Gasteiger partial charge on any atom is -0.278 e. The molecule has 2 heterocycles. The molecule has 0 bridgehead atoms. The number of hydrogen-bond acceptors (Lipinski definition) is 2. The summed E-state index contributed by atoms with van der Waals surface area (Å²) in [6, 6.07) is 83.4. The third-order valence-corrected chi connectivity index (χ3v) is 15.1. The summed E-state index contributed by atoms with van der Waals surface area (Å²) in [5, 5.41) is 5.78. The maximum absolute atomic E-state index is 5.57. The van der Waals surface area contributed by atoms with Gasteiger partial charge in [-0.25, -0.2) is 9.97 Å². The average molecular weight is 824 g/mol. The number of benzene rings is 10. The maximum Gasteiger partial charge on any atom is 0.235 e. The van der Waals surface area contributed by atoms with Gasteiger partial charge in [-0.1, -0.05) is 194 Å². The van der Waals surface area contributed by atoms with Crippen LogP contribution in [0.25, 0.3) is 82.9 Å². The quantitative estimate of drug-likeness (QED) is 0.174. The Morgan fingerprint density at radius 2 is 0.800 bits per heavy atom. The lowest BCUT2D eigenvalue weighted by molar-refractivity contribution is 0.633. The van der Waals surface area contributed by atoms with Crippen molar-refractivity contribution in [1.29, 1.82) is 0 Å². The van der Waals surface area contributed by atoms with Crippen LogP contribution in [-0.4, -0.2) is 14.5 Å². The second-order valence-corrected chi connectivity index (χ2v) is 17.9. The minimum absolute atomic E-state index is 0.500. The van der Waals surface area contributed by atoms with Crippen LogP contribution in [0.4, 0.5) is 0 Å². The topological polar surface area (TPSA) is 30.7 Å². The molecule has 3 aliphatic rings. The van der Waals surface area contributed by atoms with Gasteiger partial charge in [0.15, 0.2) is 0 Å². The Hall–Kier alpha value is -8.40. The zero-order valence-electron chi connectivity index (χ0n) is 35.2. The van der Waals surface area contributed by atoms with Gasteiger partial charge in [0.2, 0.25) is 5.95 Å². The van der Waals surface area contributed by atoms with E-state index in [0.717, 1.165) is 33.2 Å². The van der Waals surface area contributed by atoms with E-state index in [2.05, 4.69) is 229 Å². The molecule has 12 aromatic rings. The Labute approximate surface area is 375 Å². The molecule has 300 valence electrons. The van der Waals surface area contributed by atoms with Crippen LogP contribution in [-0.2, 0) is 10.8 Å². The number of nitrogens with zero attached hydrogens (tertiary/aromatic N) is 3. The van der Waals surface area contributed by atoms with E-state index in [0.29, 0.717) is 5.95 Å². The van der Waals surface area contributed by atoms with Gasteiger partial charge < -0.3 is 0 Å². The predicted octanol–water partition coefficient (Wildman–Crippen LogP) is 14.6. The molecular weight excluding hydrogens is 787 g/mol. The Morgan fingerprint density at radius 1 is 0.308 bits per heavy atom. The largest absolute Gasteiger partial charge is 0.278 e. The molecule has 15 rings (SSSR count). The van der Waals surface area contributed by atoms with Gasteiger partial charge in [-0.05, 0) is 108 Å². The molecular formula is C62H37N3. The van der Waals surface area contributed by atoms with Crippen LogP contribution < -0.4 is 0 Å². The second-order valence-electron chi connectivity index (χ2n) is 17.9. The molecule has 0 unspecified atom stereocenters. The van der Waals surface area contributed by atoms with E-state index in [9.17, 15) is 0 Å². The molecule has 0 fully saturated rings. The van der Waals surface area contributed by atoms with Crippen LogP contribution in [0, 0.1) is 0 Å². The van der Waals surface area contributed by atoms with Crippen LogP contribution in [0.1, 0.15) is 44.5 Å². The van der Waals surface area contributed by atoms with Crippen LogP contribution in [0.15, 0.2) is 224 Å². The fraction of sp³-hybridized carbons (Fsp3) is 0.0323. The highest BCUT2D eigenvalue weighted by atomic mass is 15.2. The standard InChI is InChI=1S/C62H37N3/c1-2-18-39-35-40(34-33-38(39)17-1)59-45-23-6-15-31-56(45)63-60(64-59)65-57-32-16-7-22-44(57)47-36-46-43-21-5-10-26-50(43)62(55(46)37-58(47)65)53-29-13-11-27-51(53)61(52-28-12-14-30-54(52)62)48-24-8-3-19-41(48)42-20-4-9-25-49(42)61/h1-37H. The Bertz CT molecular complexity index is 3940. The number of rotatable bonds is 2. The van der Waals surface area contributed by atoms with E-state index in [-0.39, 0.29) is 0 Å². The molecule has 0 amide bonds. The van der Waals surface area contributed by atoms with Crippen molar-refractivity contribution in [2.45, 2.75) is 10.8 Å². The molecule has 2 spiro atoms. The first-order chi connectivity index (χ1) is 32.2. The van der Waals surface area contributed by atoms with Gasteiger partial charge in [-0.2, -0.15) is 0 Å². The smallest absolute Gasteiger partial charge is 0.235 e. The monoisotopic (exact) mass is 823 g/mol. The molecule has 0 saturated carbocycles. The highest BCUT2D eigenvalue weighted by Crippen LogP contribution is 2.67. The van der Waals surface area contributed by atoms with Crippen molar-refractivity contribution < 1.29 is 0 Å². The van der Waals surface area contributed by atoms with Gasteiger partial charge in [-0.15, -0.1) is 0 Å². The average Bonchev–Trinajstić information content (AvgIpc) is 3.97. The van der Waals surface area contributed by atoms with Crippen molar-refractivity contribution in [2.24, 2.45) is 0 Å². The molecule has 65 heavy (non-hydrogen) atoms. The molecule has 2 aromatic heterocycles. The Balaban J connectivity index is 1.07. The number of fused-ring (bicyclic) bond motifs is 21. The molecule has 0 aliphatic heterocycles. The molecule has 0 radical (unpaired) electrons. The summed E-state index contributed by atoms with van der Waals surface area (Å²) in [5.41, 5.74) is 19.7. The highest BCUT2D eigenvalue weighted by Gasteiger charge is 2.59. The Kier molecular flexibility index (Phi) is 6.82. The first-order valence-electron chi connectivity index (χ1n) is 22.6. The van der Waals surface area contributed by atoms with Crippen molar-refractivity contribution in [2.75, 3.05) is 0 Å². The maximum atomic E-state index is 5.57. The number of hydrogen-bond donors (Lipinski definition) is 0. The lowest BCUT2D eigenvalue weighted by Gasteiger charge is -2.48. The summed E-state index contributed by atoms with van der Waals surface area (Å²) >= 11 is 0. The molecule has 3 aliphatic carbocycles.